The Bertz CT molecular complexity index is 488. The quantitative estimate of drug-likeness (QED) is 0.430. The first-order valence-corrected chi connectivity index (χ1v) is 10.7. The van der Waals surface area contributed by atoms with Crippen LogP contribution in [0.25, 0.3) is 0 Å². The zero-order chi connectivity index (χ0) is 15.3. The summed E-state index contributed by atoms with van der Waals surface area (Å²) in [5, 5.41) is 1.53. The third kappa shape index (κ3) is 4.97. The molecule has 0 amide bonds. The van der Waals surface area contributed by atoms with Gasteiger partial charge in [0.2, 0.25) is 0 Å². The first-order valence-electron chi connectivity index (χ1n) is 7.20. The second kappa shape index (κ2) is 6.89. The second-order valence-corrected chi connectivity index (χ2v) is 11.4. The Morgan fingerprint density at radius 3 is 2.50 bits per heavy atom. The minimum Gasteiger partial charge on any atom is -0.463 e. The SMILES string of the molecule is C=C(C)C1=C/C(=C\C(=O)OCC)CCC([Si](C)(C)C)=C1. The summed E-state index contributed by atoms with van der Waals surface area (Å²) in [4.78, 5) is 11.6. The number of allylic oxidation sites excluding steroid dienone is 6. The van der Waals surface area contributed by atoms with Crippen molar-refractivity contribution < 1.29 is 9.53 Å². The Morgan fingerprint density at radius 2 is 2.00 bits per heavy atom. The van der Waals surface area contributed by atoms with Crippen molar-refractivity contribution in [1.82, 2.24) is 0 Å². The molecule has 0 fully saturated rings. The van der Waals surface area contributed by atoms with Crippen molar-refractivity contribution in [1.29, 1.82) is 0 Å². The maximum atomic E-state index is 11.6. The number of hydrogen-bond acceptors (Lipinski definition) is 2. The third-order valence-electron chi connectivity index (χ3n) is 3.40. The number of carbonyl (C=O) groups is 1. The fourth-order valence-corrected chi connectivity index (χ4v) is 3.60. The van der Waals surface area contributed by atoms with Crippen LogP contribution in [0.15, 0.2) is 46.7 Å². The van der Waals surface area contributed by atoms with Gasteiger partial charge in [-0.2, -0.15) is 0 Å². The number of carbonyl (C=O) groups excluding carboxylic acids is 1. The van der Waals surface area contributed by atoms with Gasteiger partial charge in [-0.05, 0) is 37.8 Å². The molecule has 0 aromatic carbocycles. The van der Waals surface area contributed by atoms with E-state index in [4.69, 9.17) is 4.74 Å². The zero-order valence-corrected chi connectivity index (χ0v) is 14.4. The molecule has 0 radical (unpaired) electrons. The average molecular weight is 290 g/mol. The normalized spacial score (nSPS) is 18.1. The highest BCUT2D eigenvalue weighted by Gasteiger charge is 2.21. The van der Waals surface area contributed by atoms with Crippen LogP contribution in [-0.4, -0.2) is 20.7 Å². The van der Waals surface area contributed by atoms with E-state index in [1.807, 2.05) is 13.8 Å². The van der Waals surface area contributed by atoms with E-state index in [-0.39, 0.29) is 5.97 Å². The van der Waals surface area contributed by atoms with Gasteiger partial charge in [0.25, 0.3) is 0 Å². The number of rotatable bonds is 4. The van der Waals surface area contributed by atoms with Crippen molar-refractivity contribution in [3.05, 3.63) is 46.7 Å². The van der Waals surface area contributed by atoms with E-state index in [1.165, 1.54) is 5.20 Å². The van der Waals surface area contributed by atoms with Crippen LogP contribution in [0.5, 0.6) is 0 Å². The molecule has 1 rings (SSSR count). The molecule has 0 saturated carbocycles. The fraction of sp³-hybridized carbons (Fsp3) is 0.471. The van der Waals surface area contributed by atoms with Gasteiger partial charge in [0, 0.05) is 6.08 Å². The molecule has 0 N–H and O–H groups in total. The lowest BCUT2D eigenvalue weighted by atomic mass is 10.1. The average Bonchev–Trinajstić information content (AvgIpc) is 2.51. The van der Waals surface area contributed by atoms with Crippen LogP contribution in [0.2, 0.25) is 19.6 Å². The molecule has 0 atom stereocenters. The largest absolute Gasteiger partial charge is 0.463 e. The molecule has 110 valence electrons. The van der Waals surface area contributed by atoms with Crippen molar-refractivity contribution >= 4 is 14.0 Å². The molecule has 1 aliphatic rings. The lowest BCUT2D eigenvalue weighted by Gasteiger charge is -2.20. The van der Waals surface area contributed by atoms with E-state index >= 15 is 0 Å². The Balaban J connectivity index is 3.08. The first-order chi connectivity index (χ1) is 9.24. The molecule has 0 aromatic heterocycles. The van der Waals surface area contributed by atoms with Crippen LogP contribution in [0.4, 0.5) is 0 Å². The predicted octanol–water partition coefficient (Wildman–Crippen LogP) is 4.58. The summed E-state index contributed by atoms with van der Waals surface area (Å²) in [6.07, 6.45) is 7.89. The standard InChI is InChI=1S/C17H26O2Si/c1-7-19-17(18)11-14-8-9-16(20(4,5)6)12-15(10-14)13(2)3/h10-12H,2,7-9H2,1,3-6H3/b14-11-. The zero-order valence-electron chi connectivity index (χ0n) is 13.4. The van der Waals surface area contributed by atoms with Gasteiger partial charge < -0.3 is 4.74 Å². The van der Waals surface area contributed by atoms with Gasteiger partial charge in [-0.25, -0.2) is 4.79 Å². The highest BCUT2D eigenvalue weighted by atomic mass is 28.3. The molecule has 0 spiro atoms. The molecule has 0 bridgehead atoms. The molecule has 2 nitrogen and oxygen atoms in total. The van der Waals surface area contributed by atoms with E-state index in [1.54, 1.807) is 6.08 Å². The summed E-state index contributed by atoms with van der Waals surface area (Å²) >= 11 is 0. The van der Waals surface area contributed by atoms with E-state index < -0.39 is 8.07 Å². The maximum Gasteiger partial charge on any atom is 0.331 e. The van der Waals surface area contributed by atoms with E-state index in [9.17, 15) is 4.79 Å². The second-order valence-electron chi connectivity index (χ2n) is 6.27. The molecular weight excluding hydrogens is 264 g/mol. The van der Waals surface area contributed by atoms with Crippen molar-refractivity contribution in [2.24, 2.45) is 0 Å². The highest BCUT2D eigenvalue weighted by Crippen LogP contribution is 2.29. The van der Waals surface area contributed by atoms with Crippen LogP contribution < -0.4 is 0 Å². The van der Waals surface area contributed by atoms with Gasteiger partial charge in [-0.15, -0.1) is 0 Å². The molecule has 3 heteroatoms. The summed E-state index contributed by atoms with van der Waals surface area (Å²) in [5.74, 6) is -0.253. The summed E-state index contributed by atoms with van der Waals surface area (Å²) in [6.45, 7) is 15.4. The number of ether oxygens (including phenoxy) is 1. The van der Waals surface area contributed by atoms with Crippen molar-refractivity contribution in [3.8, 4) is 0 Å². The molecule has 0 unspecified atom stereocenters. The molecule has 1 aliphatic carbocycles. The minimum absolute atomic E-state index is 0.253. The lowest BCUT2D eigenvalue weighted by molar-refractivity contribution is -0.137. The van der Waals surface area contributed by atoms with Crippen molar-refractivity contribution in [2.45, 2.75) is 46.3 Å². The van der Waals surface area contributed by atoms with Crippen molar-refractivity contribution in [2.75, 3.05) is 6.61 Å². The van der Waals surface area contributed by atoms with Crippen LogP contribution >= 0.6 is 0 Å². The van der Waals surface area contributed by atoms with Gasteiger partial charge in [-0.1, -0.05) is 49.1 Å². The Kier molecular flexibility index (Phi) is 5.75. The monoisotopic (exact) mass is 290 g/mol. The third-order valence-corrected chi connectivity index (χ3v) is 5.72. The molecule has 0 aromatic rings. The minimum atomic E-state index is -1.33. The summed E-state index contributed by atoms with van der Waals surface area (Å²) < 4.78 is 5.00. The maximum absolute atomic E-state index is 11.6. The summed E-state index contributed by atoms with van der Waals surface area (Å²) in [5.41, 5.74) is 3.21. The van der Waals surface area contributed by atoms with E-state index in [2.05, 4.69) is 38.4 Å². The Morgan fingerprint density at radius 1 is 1.35 bits per heavy atom. The molecule has 0 saturated heterocycles. The van der Waals surface area contributed by atoms with Gasteiger partial charge in [0.05, 0.1) is 14.7 Å². The van der Waals surface area contributed by atoms with E-state index in [0.29, 0.717) is 6.61 Å². The van der Waals surface area contributed by atoms with Gasteiger partial charge >= 0.3 is 5.97 Å². The summed E-state index contributed by atoms with van der Waals surface area (Å²) in [7, 11) is -1.33. The smallest absolute Gasteiger partial charge is 0.331 e. The molecule has 0 aliphatic heterocycles. The Labute approximate surface area is 123 Å². The topological polar surface area (TPSA) is 26.3 Å². The van der Waals surface area contributed by atoms with Gasteiger partial charge in [0.1, 0.15) is 0 Å². The lowest BCUT2D eigenvalue weighted by Crippen LogP contribution is -2.24. The fourth-order valence-electron chi connectivity index (χ4n) is 2.14. The van der Waals surface area contributed by atoms with Crippen LogP contribution in [0.1, 0.15) is 26.7 Å². The Hall–Kier alpha value is -1.35. The van der Waals surface area contributed by atoms with Crippen LogP contribution in [-0.2, 0) is 9.53 Å². The van der Waals surface area contributed by atoms with Gasteiger partial charge in [-0.3, -0.25) is 0 Å². The van der Waals surface area contributed by atoms with E-state index in [0.717, 1.165) is 29.6 Å². The first kappa shape index (κ1) is 16.7. The predicted molar refractivity (Wildman–Crippen MR) is 88.3 cm³/mol. The molecular formula is C17H26O2Si. The van der Waals surface area contributed by atoms with Gasteiger partial charge in [0.15, 0.2) is 0 Å². The number of esters is 1. The number of hydrogen-bond donors (Lipinski definition) is 0. The van der Waals surface area contributed by atoms with Crippen LogP contribution in [0, 0.1) is 0 Å². The summed E-state index contributed by atoms with van der Waals surface area (Å²) in [6, 6.07) is 0. The van der Waals surface area contributed by atoms with Crippen molar-refractivity contribution in [3.63, 3.8) is 0 Å². The molecule has 20 heavy (non-hydrogen) atoms. The highest BCUT2D eigenvalue weighted by molar-refractivity contribution is 6.83. The van der Waals surface area contributed by atoms with Crippen LogP contribution in [0.3, 0.4) is 0 Å². The molecule has 0 heterocycles.